The second-order valence-corrected chi connectivity index (χ2v) is 6.72. The maximum Gasteiger partial charge on any atom is 0.258 e. The second kappa shape index (κ2) is 7.62. The summed E-state index contributed by atoms with van der Waals surface area (Å²) >= 11 is 3.30. The molecule has 1 N–H and O–H groups in total. The first kappa shape index (κ1) is 16.7. The van der Waals surface area contributed by atoms with Gasteiger partial charge in [-0.05, 0) is 48.6 Å². The molecule has 0 bridgehead atoms. The molecular formula is C19H18BrNO3. The SMILES string of the molecule is O=Cc1cc(Br)ccc1OCC(=O)NC1CCCc2ccccc21. The smallest absolute Gasteiger partial charge is 0.258 e. The number of fused-ring (bicyclic) bond motifs is 1. The lowest BCUT2D eigenvalue weighted by atomic mass is 9.88. The molecule has 1 atom stereocenters. The van der Waals surface area contributed by atoms with E-state index in [-0.39, 0.29) is 18.6 Å². The maximum absolute atomic E-state index is 12.2. The zero-order chi connectivity index (χ0) is 16.9. The van der Waals surface area contributed by atoms with E-state index in [0.717, 1.165) is 30.0 Å². The van der Waals surface area contributed by atoms with Crippen LogP contribution in [0.5, 0.6) is 5.75 Å². The van der Waals surface area contributed by atoms with Crippen molar-refractivity contribution < 1.29 is 14.3 Å². The van der Waals surface area contributed by atoms with E-state index in [1.54, 1.807) is 18.2 Å². The first-order valence-electron chi connectivity index (χ1n) is 7.92. The standard InChI is InChI=1S/C19H18BrNO3/c20-15-8-9-18(14(10-15)11-22)24-12-19(23)21-17-7-3-5-13-4-1-2-6-16(13)17/h1-2,4,6,8-11,17H,3,5,7,12H2,(H,21,23). The first-order valence-corrected chi connectivity index (χ1v) is 8.71. The Labute approximate surface area is 149 Å². The largest absolute Gasteiger partial charge is 0.483 e. The van der Waals surface area contributed by atoms with E-state index < -0.39 is 0 Å². The van der Waals surface area contributed by atoms with Gasteiger partial charge in [-0.25, -0.2) is 0 Å². The Morgan fingerprint density at radius 3 is 2.96 bits per heavy atom. The van der Waals surface area contributed by atoms with Gasteiger partial charge in [0, 0.05) is 4.47 Å². The lowest BCUT2D eigenvalue weighted by molar-refractivity contribution is -0.124. The van der Waals surface area contributed by atoms with E-state index in [9.17, 15) is 9.59 Å². The fourth-order valence-corrected chi connectivity index (χ4v) is 3.40. The number of benzene rings is 2. The Hall–Kier alpha value is -2.14. The number of aldehydes is 1. The van der Waals surface area contributed by atoms with Crippen LogP contribution in [-0.4, -0.2) is 18.8 Å². The van der Waals surface area contributed by atoms with Crippen LogP contribution < -0.4 is 10.1 Å². The molecule has 1 aliphatic rings. The number of hydrogen-bond acceptors (Lipinski definition) is 3. The monoisotopic (exact) mass is 387 g/mol. The number of amides is 1. The molecular weight excluding hydrogens is 370 g/mol. The number of carbonyl (C=O) groups excluding carboxylic acids is 2. The third kappa shape index (κ3) is 3.85. The van der Waals surface area contributed by atoms with Crippen molar-refractivity contribution in [1.82, 2.24) is 5.32 Å². The number of halogens is 1. The van der Waals surface area contributed by atoms with Gasteiger partial charge in [0.1, 0.15) is 5.75 Å². The molecule has 1 amide bonds. The molecule has 124 valence electrons. The Morgan fingerprint density at radius 2 is 2.12 bits per heavy atom. The van der Waals surface area contributed by atoms with Crippen molar-refractivity contribution in [3.8, 4) is 5.75 Å². The van der Waals surface area contributed by atoms with E-state index in [2.05, 4.69) is 33.4 Å². The van der Waals surface area contributed by atoms with E-state index in [4.69, 9.17) is 4.74 Å². The number of rotatable bonds is 5. The van der Waals surface area contributed by atoms with Crippen molar-refractivity contribution in [2.75, 3.05) is 6.61 Å². The molecule has 0 radical (unpaired) electrons. The predicted octanol–water partition coefficient (Wildman–Crippen LogP) is 3.83. The summed E-state index contributed by atoms with van der Waals surface area (Å²) in [6.07, 6.45) is 3.77. The van der Waals surface area contributed by atoms with Gasteiger partial charge in [0.05, 0.1) is 11.6 Å². The van der Waals surface area contributed by atoms with Crippen LogP contribution in [0.25, 0.3) is 0 Å². The highest BCUT2D eigenvalue weighted by molar-refractivity contribution is 9.10. The second-order valence-electron chi connectivity index (χ2n) is 5.80. The van der Waals surface area contributed by atoms with Crippen LogP contribution in [0.2, 0.25) is 0 Å². The predicted molar refractivity (Wildman–Crippen MR) is 95.3 cm³/mol. The van der Waals surface area contributed by atoms with Crippen molar-refractivity contribution in [1.29, 1.82) is 0 Å². The first-order chi connectivity index (χ1) is 11.7. The van der Waals surface area contributed by atoms with Gasteiger partial charge in [-0.1, -0.05) is 40.2 Å². The van der Waals surface area contributed by atoms with Gasteiger partial charge < -0.3 is 10.1 Å². The van der Waals surface area contributed by atoms with Crippen LogP contribution >= 0.6 is 15.9 Å². The minimum Gasteiger partial charge on any atom is -0.483 e. The van der Waals surface area contributed by atoms with Gasteiger partial charge in [-0.3, -0.25) is 9.59 Å². The molecule has 0 aromatic heterocycles. The molecule has 5 heteroatoms. The number of nitrogens with one attached hydrogen (secondary N) is 1. The number of carbonyl (C=O) groups is 2. The van der Waals surface area contributed by atoms with Crippen molar-refractivity contribution in [3.05, 3.63) is 63.6 Å². The zero-order valence-electron chi connectivity index (χ0n) is 13.1. The molecule has 0 saturated heterocycles. The van der Waals surface area contributed by atoms with Gasteiger partial charge >= 0.3 is 0 Å². The van der Waals surface area contributed by atoms with Crippen molar-refractivity contribution in [2.45, 2.75) is 25.3 Å². The third-order valence-corrected chi connectivity index (χ3v) is 4.66. The topological polar surface area (TPSA) is 55.4 Å². The van der Waals surface area contributed by atoms with Crippen molar-refractivity contribution in [3.63, 3.8) is 0 Å². The molecule has 0 heterocycles. The van der Waals surface area contributed by atoms with Gasteiger partial charge in [-0.15, -0.1) is 0 Å². The quantitative estimate of drug-likeness (QED) is 0.793. The van der Waals surface area contributed by atoms with Gasteiger partial charge in [0.25, 0.3) is 5.91 Å². The summed E-state index contributed by atoms with van der Waals surface area (Å²) in [5.74, 6) is 0.226. The molecule has 1 unspecified atom stereocenters. The zero-order valence-corrected chi connectivity index (χ0v) is 14.7. The highest BCUT2D eigenvalue weighted by Crippen LogP contribution is 2.29. The Bertz CT molecular complexity index is 760. The average molecular weight is 388 g/mol. The lowest BCUT2D eigenvalue weighted by Crippen LogP contribution is -2.34. The summed E-state index contributed by atoms with van der Waals surface area (Å²) < 4.78 is 6.30. The summed E-state index contributed by atoms with van der Waals surface area (Å²) in [4.78, 5) is 23.3. The van der Waals surface area contributed by atoms with Crippen LogP contribution in [0.4, 0.5) is 0 Å². The normalized spacial score (nSPS) is 16.1. The highest BCUT2D eigenvalue weighted by Gasteiger charge is 2.21. The van der Waals surface area contributed by atoms with Crippen molar-refractivity contribution >= 4 is 28.1 Å². The molecule has 3 rings (SSSR count). The van der Waals surface area contributed by atoms with Gasteiger partial charge in [0.15, 0.2) is 12.9 Å². The van der Waals surface area contributed by atoms with Crippen LogP contribution in [0, 0.1) is 0 Å². The summed E-state index contributed by atoms with van der Waals surface area (Å²) in [6, 6.07) is 13.4. The summed E-state index contributed by atoms with van der Waals surface area (Å²) in [6.45, 7) is -0.110. The minimum atomic E-state index is -0.184. The van der Waals surface area contributed by atoms with Crippen molar-refractivity contribution in [2.24, 2.45) is 0 Å². The fraction of sp³-hybridized carbons (Fsp3) is 0.263. The molecule has 0 fully saturated rings. The number of ether oxygens (including phenoxy) is 1. The van der Waals surface area contributed by atoms with Crippen LogP contribution in [0.1, 0.15) is 40.4 Å². The van der Waals surface area contributed by atoms with Crippen LogP contribution in [0.3, 0.4) is 0 Å². The highest BCUT2D eigenvalue weighted by atomic mass is 79.9. The lowest BCUT2D eigenvalue weighted by Gasteiger charge is -2.26. The number of aryl methyl sites for hydroxylation is 1. The van der Waals surface area contributed by atoms with E-state index >= 15 is 0 Å². The van der Waals surface area contributed by atoms with Crippen LogP contribution in [-0.2, 0) is 11.2 Å². The minimum absolute atomic E-state index is 0.0292. The third-order valence-electron chi connectivity index (χ3n) is 4.16. The maximum atomic E-state index is 12.2. The summed E-state index contributed by atoms with van der Waals surface area (Å²) in [5, 5.41) is 3.03. The van der Waals surface area contributed by atoms with E-state index in [1.807, 2.05) is 12.1 Å². The molecule has 1 aliphatic carbocycles. The molecule has 2 aromatic rings. The van der Waals surface area contributed by atoms with Crippen LogP contribution in [0.15, 0.2) is 46.9 Å². The van der Waals surface area contributed by atoms with Gasteiger partial charge in [0.2, 0.25) is 0 Å². The molecule has 0 spiro atoms. The molecule has 24 heavy (non-hydrogen) atoms. The molecule has 2 aromatic carbocycles. The Morgan fingerprint density at radius 1 is 1.29 bits per heavy atom. The van der Waals surface area contributed by atoms with Gasteiger partial charge in [-0.2, -0.15) is 0 Å². The fourth-order valence-electron chi connectivity index (χ4n) is 3.03. The summed E-state index contributed by atoms with van der Waals surface area (Å²) in [7, 11) is 0. The summed E-state index contributed by atoms with van der Waals surface area (Å²) in [5.41, 5.74) is 2.90. The van der Waals surface area contributed by atoms with E-state index in [1.165, 1.54) is 11.1 Å². The molecule has 0 saturated carbocycles. The van der Waals surface area contributed by atoms with E-state index in [0.29, 0.717) is 11.3 Å². The Kier molecular flexibility index (Phi) is 5.30. The number of hydrogen-bond donors (Lipinski definition) is 1. The molecule has 4 nitrogen and oxygen atoms in total. The Balaban J connectivity index is 1.62. The average Bonchev–Trinajstić information content (AvgIpc) is 2.61. The molecule has 0 aliphatic heterocycles.